The van der Waals surface area contributed by atoms with E-state index < -0.39 is 11.4 Å². The second-order valence-corrected chi connectivity index (χ2v) is 7.35. The Morgan fingerprint density at radius 3 is 2.64 bits per heavy atom. The van der Waals surface area contributed by atoms with Crippen molar-refractivity contribution < 1.29 is 14.3 Å². The number of aryl methyl sites for hydroxylation is 2. The molecule has 0 saturated heterocycles. The average Bonchev–Trinajstić information content (AvgIpc) is 2.72. The third kappa shape index (κ3) is 4.08. The highest BCUT2D eigenvalue weighted by molar-refractivity contribution is 5.94. The molecule has 7 heteroatoms. The van der Waals surface area contributed by atoms with Crippen LogP contribution in [0.2, 0.25) is 0 Å². The number of aromatic nitrogens is 2. The molecule has 1 fully saturated rings. The minimum absolute atomic E-state index is 0.0758. The minimum Gasteiger partial charge on any atom is -0.452 e. The van der Waals surface area contributed by atoms with Gasteiger partial charge in [0.15, 0.2) is 6.61 Å². The van der Waals surface area contributed by atoms with Crippen molar-refractivity contribution >= 4 is 22.9 Å². The Morgan fingerprint density at radius 2 is 1.96 bits per heavy atom. The molecular weight excluding hydrogens is 358 g/mol. The van der Waals surface area contributed by atoms with Crippen LogP contribution in [0.4, 0.5) is 0 Å². The molecule has 2 aromatic rings. The SMILES string of the molecule is CCn1cc(C(=O)OCC(=O)N(C)C2CCCCC2)c(=O)c2ccc(C)nc21. The molecule has 28 heavy (non-hydrogen) atoms. The van der Waals surface area contributed by atoms with Gasteiger partial charge in [0.25, 0.3) is 5.91 Å². The molecule has 1 aliphatic carbocycles. The number of carbonyl (C=O) groups excluding carboxylic acids is 2. The lowest BCUT2D eigenvalue weighted by molar-refractivity contribution is -0.135. The predicted molar refractivity (Wildman–Crippen MR) is 106 cm³/mol. The first-order valence-electron chi connectivity index (χ1n) is 9.86. The summed E-state index contributed by atoms with van der Waals surface area (Å²) in [6.07, 6.45) is 6.86. The monoisotopic (exact) mass is 385 g/mol. The van der Waals surface area contributed by atoms with Crippen LogP contribution in [-0.2, 0) is 16.1 Å². The first kappa shape index (κ1) is 20.0. The number of ether oxygens (including phenoxy) is 1. The third-order valence-electron chi connectivity index (χ3n) is 5.46. The number of hydrogen-bond donors (Lipinski definition) is 0. The van der Waals surface area contributed by atoms with E-state index in [1.807, 2.05) is 13.8 Å². The number of nitrogens with zero attached hydrogens (tertiary/aromatic N) is 3. The van der Waals surface area contributed by atoms with Gasteiger partial charge < -0.3 is 14.2 Å². The van der Waals surface area contributed by atoms with Gasteiger partial charge in [-0.1, -0.05) is 19.3 Å². The fourth-order valence-corrected chi connectivity index (χ4v) is 3.73. The summed E-state index contributed by atoms with van der Waals surface area (Å²) in [4.78, 5) is 43.7. The lowest BCUT2D eigenvalue weighted by atomic mass is 9.94. The molecule has 0 bridgehead atoms. The first-order valence-corrected chi connectivity index (χ1v) is 9.86. The highest BCUT2D eigenvalue weighted by atomic mass is 16.5. The fraction of sp³-hybridized carbons (Fsp3) is 0.524. The number of hydrogen-bond acceptors (Lipinski definition) is 5. The van der Waals surface area contributed by atoms with Gasteiger partial charge >= 0.3 is 5.97 Å². The molecule has 150 valence electrons. The summed E-state index contributed by atoms with van der Waals surface area (Å²) in [6.45, 7) is 3.95. The Labute approximate surface area is 164 Å². The van der Waals surface area contributed by atoms with E-state index in [0.717, 1.165) is 31.4 Å². The minimum atomic E-state index is -0.778. The van der Waals surface area contributed by atoms with Crippen LogP contribution in [0.25, 0.3) is 11.0 Å². The molecule has 3 rings (SSSR count). The number of esters is 1. The Kier molecular flexibility index (Phi) is 6.11. The quantitative estimate of drug-likeness (QED) is 0.739. The standard InChI is InChI=1S/C21H27N3O4/c1-4-24-12-17(19(26)16-11-10-14(2)22-20(16)24)21(27)28-13-18(25)23(3)15-8-6-5-7-9-15/h10-12,15H,4-9,13H2,1-3H3. The topological polar surface area (TPSA) is 81.5 Å². The molecule has 2 heterocycles. The van der Waals surface area contributed by atoms with Gasteiger partial charge in [-0.25, -0.2) is 9.78 Å². The van der Waals surface area contributed by atoms with Crippen molar-refractivity contribution in [3.8, 4) is 0 Å². The van der Waals surface area contributed by atoms with Gasteiger partial charge in [-0.15, -0.1) is 0 Å². The largest absolute Gasteiger partial charge is 0.452 e. The summed E-state index contributed by atoms with van der Waals surface area (Å²) in [6, 6.07) is 3.61. The lowest BCUT2D eigenvalue weighted by Crippen LogP contribution is -2.40. The van der Waals surface area contributed by atoms with Gasteiger partial charge in [-0.05, 0) is 38.8 Å². The number of fused-ring (bicyclic) bond motifs is 1. The van der Waals surface area contributed by atoms with Crippen LogP contribution in [0.5, 0.6) is 0 Å². The predicted octanol–water partition coefficient (Wildman–Crippen LogP) is 2.67. The van der Waals surface area contributed by atoms with Gasteiger partial charge in [0.2, 0.25) is 5.43 Å². The van der Waals surface area contributed by atoms with Crippen molar-refractivity contribution in [1.82, 2.24) is 14.5 Å². The van der Waals surface area contributed by atoms with Crippen molar-refractivity contribution in [2.75, 3.05) is 13.7 Å². The normalized spacial score (nSPS) is 14.8. The number of carbonyl (C=O) groups is 2. The maximum Gasteiger partial charge on any atom is 0.344 e. The summed E-state index contributed by atoms with van der Waals surface area (Å²) in [5, 5.41) is 0.368. The van der Waals surface area contributed by atoms with E-state index in [9.17, 15) is 14.4 Å². The van der Waals surface area contributed by atoms with Crippen LogP contribution < -0.4 is 5.43 Å². The summed E-state index contributed by atoms with van der Waals surface area (Å²) >= 11 is 0. The summed E-state index contributed by atoms with van der Waals surface area (Å²) < 4.78 is 6.94. The molecule has 7 nitrogen and oxygen atoms in total. The van der Waals surface area contributed by atoms with Crippen molar-refractivity contribution in [2.24, 2.45) is 0 Å². The molecule has 2 aromatic heterocycles. The van der Waals surface area contributed by atoms with Crippen molar-refractivity contribution in [3.05, 3.63) is 39.8 Å². The Balaban J connectivity index is 1.76. The molecule has 0 atom stereocenters. The van der Waals surface area contributed by atoms with E-state index in [-0.39, 0.29) is 24.1 Å². The zero-order valence-electron chi connectivity index (χ0n) is 16.7. The molecule has 0 aliphatic heterocycles. The zero-order valence-corrected chi connectivity index (χ0v) is 16.7. The van der Waals surface area contributed by atoms with Gasteiger partial charge in [0.05, 0.1) is 5.39 Å². The highest BCUT2D eigenvalue weighted by Crippen LogP contribution is 2.21. The molecular formula is C21H27N3O4. The number of likely N-dealkylation sites (N-methyl/N-ethyl adjacent to an activating group) is 1. The van der Waals surface area contributed by atoms with Crippen molar-refractivity contribution in [1.29, 1.82) is 0 Å². The van der Waals surface area contributed by atoms with Crippen LogP contribution in [0.3, 0.4) is 0 Å². The first-order chi connectivity index (χ1) is 13.4. The van der Waals surface area contributed by atoms with E-state index in [1.54, 1.807) is 28.6 Å². The second kappa shape index (κ2) is 8.54. The van der Waals surface area contributed by atoms with Gasteiger partial charge in [-0.2, -0.15) is 0 Å². The van der Waals surface area contributed by atoms with Crippen LogP contribution in [0.15, 0.2) is 23.1 Å². The van der Waals surface area contributed by atoms with E-state index >= 15 is 0 Å². The smallest absolute Gasteiger partial charge is 0.344 e. The average molecular weight is 385 g/mol. The Hall–Kier alpha value is -2.70. The van der Waals surface area contributed by atoms with Crippen LogP contribution in [0.1, 0.15) is 55.1 Å². The maximum atomic E-state index is 12.7. The van der Waals surface area contributed by atoms with Crippen molar-refractivity contribution in [2.45, 2.75) is 58.5 Å². The lowest BCUT2D eigenvalue weighted by Gasteiger charge is -2.31. The van der Waals surface area contributed by atoms with Crippen molar-refractivity contribution in [3.63, 3.8) is 0 Å². The number of pyridine rings is 2. The second-order valence-electron chi connectivity index (χ2n) is 7.35. The molecule has 1 amide bonds. The van der Waals surface area contributed by atoms with Crippen LogP contribution >= 0.6 is 0 Å². The molecule has 1 aliphatic rings. The number of amides is 1. The Bertz CT molecular complexity index is 945. The summed E-state index contributed by atoms with van der Waals surface area (Å²) in [5.41, 5.74) is 0.830. The molecule has 0 unspecified atom stereocenters. The molecule has 0 radical (unpaired) electrons. The van der Waals surface area contributed by atoms with E-state index in [0.29, 0.717) is 17.6 Å². The highest BCUT2D eigenvalue weighted by Gasteiger charge is 2.24. The van der Waals surface area contributed by atoms with Crippen LogP contribution in [-0.4, -0.2) is 46.0 Å². The molecule has 1 saturated carbocycles. The Morgan fingerprint density at radius 1 is 1.25 bits per heavy atom. The maximum absolute atomic E-state index is 12.7. The van der Waals surface area contributed by atoms with E-state index in [1.165, 1.54) is 12.6 Å². The zero-order chi connectivity index (χ0) is 20.3. The van der Waals surface area contributed by atoms with Gasteiger partial charge in [0, 0.05) is 31.5 Å². The molecule has 0 N–H and O–H groups in total. The summed E-state index contributed by atoms with van der Waals surface area (Å²) in [5.74, 6) is -1.02. The molecule has 0 spiro atoms. The third-order valence-corrected chi connectivity index (χ3v) is 5.46. The van der Waals surface area contributed by atoms with Gasteiger partial charge in [-0.3, -0.25) is 9.59 Å². The number of rotatable bonds is 5. The van der Waals surface area contributed by atoms with E-state index in [2.05, 4.69) is 4.98 Å². The summed E-state index contributed by atoms with van der Waals surface area (Å²) in [7, 11) is 1.75. The van der Waals surface area contributed by atoms with E-state index in [4.69, 9.17) is 4.74 Å². The fourth-order valence-electron chi connectivity index (χ4n) is 3.73. The van der Waals surface area contributed by atoms with Crippen LogP contribution in [0, 0.1) is 6.92 Å². The van der Waals surface area contributed by atoms with Gasteiger partial charge in [0.1, 0.15) is 11.2 Å². The molecule has 0 aromatic carbocycles.